The molecule has 13 nitrogen and oxygen atoms in total. The van der Waals surface area contributed by atoms with E-state index in [4.69, 9.17) is 31.3 Å². The molecule has 0 aliphatic carbocycles. The van der Waals surface area contributed by atoms with Crippen LogP contribution in [0.5, 0.6) is 34.9 Å². The van der Waals surface area contributed by atoms with Crippen molar-refractivity contribution < 1.29 is 81.8 Å². The molecule has 0 radical (unpaired) electrons. The van der Waals surface area contributed by atoms with E-state index in [9.17, 15) is 0 Å². The van der Waals surface area contributed by atoms with Crippen LogP contribution in [0.25, 0.3) is 127 Å². The second-order valence-electron chi connectivity index (χ2n) is 27.3. The summed E-state index contributed by atoms with van der Waals surface area (Å²) in [5.74, 6) is 5.39. The Hall–Kier alpha value is -12.4. The summed E-state index contributed by atoms with van der Waals surface area (Å²) < 4.78 is 25.4. The van der Waals surface area contributed by atoms with Crippen LogP contribution in [0.4, 0.5) is 0 Å². The van der Waals surface area contributed by atoms with Crippen LogP contribution in [0.15, 0.2) is 398 Å². The second kappa shape index (κ2) is 45.7. The molecule has 19 aromatic rings. The van der Waals surface area contributed by atoms with Crippen molar-refractivity contribution in [2.75, 3.05) is 0 Å². The number of oxazole rings is 1. The zero-order chi connectivity index (χ0) is 81.0. The van der Waals surface area contributed by atoms with Crippen LogP contribution in [0.1, 0.15) is 27.7 Å². The molecule has 0 spiro atoms. The SMILES string of the molecule is CC(C)[N-]C(C)C.Cn1c(-c2ccc(-c3ccccc3)cc2)cnc1-c1[c-]c(Oc2ccccn2)ccc1.[Pt+2].[Pt+2].[Pt+2].[S-]c1ccccc1.[c-]1c(Oc2ccccn2)cccc1-c1ncc(-c2ccc(-c3ccccc3)cc2)o1.[c-]1c(Oc2ccccn2)cccc1-c1ncc(-c2ccc(-c3ccccc3)cc2)s1.c1ccc2c(c1)[n-]c1ccccc12. The zero-order valence-electron chi connectivity index (χ0n) is 66.5. The van der Waals surface area contributed by atoms with Gasteiger partial charge in [0.2, 0.25) is 17.6 Å². The number of aromatic nitrogens is 8. The van der Waals surface area contributed by atoms with Gasteiger partial charge < -0.3 is 46.1 Å². The minimum Gasteiger partial charge on any atom is -0.780 e. The van der Waals surface area contributed by atoms with E-state index in [-0.39, 0.29) is 63.2 Å². The monoisotopic (exact) mass is 2160 g/mol. The van der Waals surface area contributed by atoms with E-state index >= 15 is 0 Å². The van der Waals surface area contributed by atoms with E-state index < -0.39 is 0 Å². The molecule has 7 aromatic heterocycles. The molecule has 7 heterocycles. The third-order valence-corrected chi connectivity index (χ3v) is 19.4. The van der Waals surface area contributed by atoms with Crippen molar-refractivity contribution >= 4 is 45.8 Å². The number of para-hydroxylation sites is 2. The van der Waals surface area contributed by atoms with E-state index in [0.29, 0.717) is 58.6 Å². The first-order valence-corrected chi connectivity index (χ1v) is 39.8. The molecular weight excluding hydrogens is 2080 g/mol. The van der Waals surface area contributed by atoms with Gasteiger partial charge >= 0.3 is 63.2 Å². The molecule has 0 amide bonds. The smallest absolute Gasteiger partial charge is 0.780 e. The van der Waals surface area contributed by atoms with E-state index in [2.05, 4.69) is 248 Å². The first-order valence-electron chi connectivity index (χ1n) is 38.5. The summed E-state index contributed by atoms with van der Waals surface area (Å²) >= 11 is 6.45. The summed E-state index contributed by atoms with van der Waals surface area (Å²) in [7, 11) is 2.02. The topological polar surface area (TPSA) is 151 Å². The first-order chi connectivity index (χ1) is 57.9. The Labute approximate surface area is 759 Å². The van der Waals surface area contributed by atoms with Gasteiger partial charge in [0.05, 0.1) is 17.7 Å². The number of ether oxygens (including phenoxy) is 3. The van der Waals surface area contributed by atoms with Crippen molar-refractivity contribution in [3.8, 4) is 135 Å². The van der Waals surface area contributed by atoms with E-state index in [1.165, 1.54) is 38.6 Å². The maximum atomic E-state index is 5.99. The number of fused-ring (bicyclic) bond motifs is 3. The largest absolute Gasteiger partial charge is 2.00 e. The molecule has 18 heteroatoms. The van der Waals surface area contributed by atoms with Gasteiger partial charge in [-0.05, 0) is 73.5 Å². The van der Waals surface area contributed by atoms with Gasteiger partial charge in [-0.1, -0.05) is 312 Å². The standard InChI is InChI=1S/C27H20N3O.C26H17N2O2.C26H17N2OS.C12H8N.C6H14N.C6H6S.3Pt/c1-30-25(22-15-13-21(14-16-22)20-8-3-2-4-9-20)19-29-27(30)23-10-7-11-24(18-23)31-26-12-5-6-17-28-26;2*1-2-7-19(8-3-1)20-12-14-21(15-13-20)24-18-28-26(30-24)22-9-6-10-23(17-22)29-25-11-4-5-16-27-25;1-3-7-11-9(5-1)10-6-2-4-8-12(10)13-11;1-5(2)7-6(3)4;7-6-4-2-1-3-5-6;;;/h2-17,19H,1H3;2*1-16,18H;1-8H;5-6H,1-4H3;1-5,7H;;;/q5*-1;;3*+2/p-1. The Morgan fingerprint density at radius 1 is 0.355 bits per heavy atom. The van der Waals surface area contributed by atoms with Crippen LogP contribution in [0.2, 0.25) is 0 Å². The second-order valence-corrected chi connectivity index (χ2v) is 28.8. The summed E-state index contributed by atoms with van der Waals surface area (Å²) in [6.45, 7) is 8.39. The minimum absolute atomic E-state index is 0. The average molecular weight is 2160 g/mol. The molecule has 0 N–H and O–H groups in total. The third-order valence-electron chi connectivity index (χ3n) is 18.1. The zero-order valence-corrected chi connectivity index (χ0v) is 75.0. The number of nitrogens with zero attached hydrogens (tertiary/aromatic N) is 9. The van der Waals surface area contributed by atoms with Crippen LogP contribution in [-0.2, 0) is 82.9 Å². The van der Waals surface area contributed by atoms with Crippen molar-refractivity contribution in [2.24, 2.45) is 7.05 Å². The summed E-state index contributed by atoms with van der Waals surface area (Å²) in [5.41, 5.74) is 16.1. The maximum absolute atomic E-state index is 5.99. The van der Waals surface area contributed by atoms with Crippen molar-refractivity contribution in [1.82, 2.24) is 39.5 Å². The number of benzene rings is 12. The number of imidazole rings is 1. The average Bonchev–Trinajstić information content (AvgIpc) is 1.63. The Balaban J connectivity index is 0.000000152. The fourth-order valence-corrected chi connectivity index (χ4v) is 13.6. The summed E-state index contributed by atoms with van der Waals surface area (Å²) in [6, 6.07) is 127. The van der Waals surface area contributed by atoms with Crippen LogP contribution >= 0.6 is 11.3 Å². The van der Waals surface area contributed by atoms with Crippen LogP contribution in [0.3, 0.4) is 0 Å². The van der Waals surface area contributed by atoms with E-state index in [1.807, 2.05) is 207 Å². The molecule has 604 valence electrons. The summed E-state index contributed by atoms with van der Waals surface area (Å²) in [5, 5.41) is 7.68. The van der Waals surface area contributed by atoms with Gasteiger partial charge in [0.1, 0.15) is 11.7 Å². The minimum atomic E-state index is 0. The van der Waals surface area contributed by atoms with Gasteiger partial charge in [-0.3, -0.25) is 15.0 Å². The number of hydrogen-bond acceptors (Lipinski definition) is 12. The van der Waals surface area contributed by atoms with Crippen LogP contribution in [-0.4, -0.2) is 46.6 Å². The maximum Gasteiger partial charge on any atom is 2.00 e. The van der Waals surface area contributed by atoms with Crippen LogP contribution < -0.4 is 19.2 Å². The Morgan fingerprint density at radius 3 is 1.17 bits per heavy atom. The predicted octanol–water partition coefficient (Wildman–Crippen LogP) is 26.9. The fourth-order valence-electron chi connectivity index (χ4n) is 12.6. The number of pyridine rings is 3. The van der Waals surface area contributed by atoms with Crippen LogP contribution in [0, 0.1) is 18.2 Å². The fraction of sp³-hybridized carbons (Fsp3) is 0.0680. The molecule has 0 bridgehead atoms. The Morgan fingerprint density at radius 2 is 0.736 bits per heavy atom. The van der Waals surface area contributed by atoms with Gasteiger partial charge in [0, 0.05) is 88.9 Å². The molecule has 12 aromatic carbocycles. The Bertz CT molecular complexity index is 6020. The number of rotatable bonds is 17. The molecule has 0 fully saturated rings. The van der Waals surface area contributed by atoms with Crippen molar-refractivity contribution in [1.29, 1.82) is 0 Å². The molecular formula is C103H81N9O4Pt3S2. The van der Waals surface area contributed by atoms with E-state index in [1.54, 1.807) is 42.2 Å². The van der Waals surface area contributed by atoms with Gasteiger partial charge in [0.25, 0.3) is 0 Å². The molecule has 0 unspecified atom stereocenters. The van der Waals surface area contributed by atoms with Gasteiger partial charge in [-0.2, -0.15) is 16.2 Å². The van der Waals surface area contributed by atoms with Gasteiger partial charge in [-0.25, -0.2) is 15.0 Å². The van der Waals surface area contributed by atoms with Gasteiger partial charge in [0.15, 0.2) is 0 Å². The molecule has 0 saturated carbocycles. The molecule has 0 aliphatic heterocycles. The van der Waals surface area contributed by atoms with Crippen molar-refractivity contribution in [3.05, 3.63) is 413 Å². The quantitative estimate of drug-likeness (QED) is 0.0630. The molecule has 0 aliphatic rings. The third kappa shape index (κ3) is 25.6. The molecule has 19 rings (SSSR count). The molecule has 121 heavy (non-hydrogen) atoms. The number of hydrogen-bond donors (Lipinski definition) is 0. The summed E-state index contributed by atoms with van der Waals surface area (Å²) in [6.07, 6.45) is 10.6. The molecule has 0 atom stereocenters. The number of thiazole rings is 1. The molecule has 0 saturated heterocycles. The van der Waals surface area contributed by atoms with Gasteiger partial charge in [-0.15, -0.1) is 88.8 Å². The van der Waals surface area contributed by atoms with Crippen molar-refractivity contribution in [3.63, 3.8) is 0 Å². The first kappa shape index (κ1) is 89.4. The van der Waals surface area contributed by atoms with E-state index in [0.717, 1.165) is 76.3 Å². The Kier molecular flexibility index (Phi) is 33.7. The predicted molar refractivity (Wildman–Crippen MR) is 481 cm³/mol. The summed E-state index contributed by atoms with van der Waals surface area (Å²) in [4.78, 5) is 32.8. The normalized spacial score (nSPS) is 10.4. The van der Waals surface area contributed by atoms with Crippen molar-refractivity contribution in [2.45, 2.75) is 44.7 Å².